The van der Waals surface area contributed by atoms with Crippen molar-refractivity contribution in [1.82, 2.24) is 15.3 Å². The molecule has 1 aliphatic heterocycles. The van der Waals surface area contributed by atoms with E-state index in [0.29, 0.717) is 16.6 Å². The Hall–Kier alpha value is -1.92. The third kappa shape index (κ3) is 4.09. The number of hydrogen-bond acceptors (Lipinski definition) is 5. The van der Waals surface area contributed by atoms with Gasteiger partial charge >= 0.3 is 6.01 Å². The highest BCUT2D eigenvalue weighted by Gasteiger charge is 2.17. The lowest BCUT2D eigenvalue weighted by Gasteiger charge is -2.32. The van der Waals surface area contributed by atoms with Gasteiger partial charge in [-0.3, -0.25) is 0 Å². The van der Waals surface area contributed by atoms with Crippen molar-refractivity contribution in [2.45, 2.75) is 19.6 Å². The zero-order valence-electron chi connectivity index (χ0n) is 12.8. The van der Waals surface area contributed by atoms with Gasteiger partial charge in [-0.2, -0.15) is 4.98 Å². The van der Waals surface area contributed by atoms with Crippen molar-refractivity contribution in [3.8, 4) is 6.01 Å². The van der Waals surface area contributed by atoms with Gasteiger partial charge in [-0.1, -0.05) is 17.7 Å². The van der Waals surface area contributed by atoms with Gasteiger partial charge in [0.15, 0.2) is 0 Å². The van der Waals surface area contributed by atoms with Gasteiger partial charge in [0.1, 0.15) is 18.2 Å². The Balaban J connectivity index is 1.67. The van der Waals surface area contributed by atoms with Gasteiger partial charge in [0, 0.05) is 42.5 Å². The quantitative estimate of drug-likeness (QED) is 0.930. The zero-order valence-corrected chi connectivity index (χ0v) is 13.6. The molecule has 0 aliphatic carbocycles. The fourth-order valence-corrected chi connectivity index (χ4v) is 2.66. The SMILES string of the molecule is C[C@H]1CN(c2ccnc(OCc3ccc(Cl)cc3F)n2)CCN1. The summed E-state index contributed by atoms with van der Waals surface area (Å²) >= 11 is 5.74. The highest BCUT2D eigenvalue weighted by molar-refractivity contribution is 6.30. The lowest BCUT2D eigenvalue weighted by molar-refractivity contribution is 0.275. The summed E-state index contributed by atoms with van der Waals surface area (Å²) in [6.07, 6.45) is 1.66. The molecule has 0 radical (unpaired) electrons. The first kappa shape index (κ1) is 16.0. The normalized spacial score (nSPS) is 18.0. The molecule has 0 saturated carbocycles. The van der Waals surface area contributed by atoms with Crippen molar-refractivity contribution in [3.05, 3.63) is 46.9 Å². The van der Waals surface area contributed by atoms with E-state index in [1.807, 2.05) is 6.07 Å². The molecule has 3 rings (SSSR count). The molecule has 1 fully saturated rings. The number of piperazine rings is 1. The highest BCUT2D eigenvalue weighted by Crippen LogP contribution is 2.18. The van der Waals surface area contributed by atoms with E-state index in [1.165, 1.54) is 6.07 Å². The van der Waals surface area contributed by atoms with E-state index in [2.05, 4.69) is 27.1 Å². The number of anilines is 1. The van der Waals surface area contributed by atoms with Crippen LogP contribution >= 0.6 is 11.6 Å². The molecule has 0 unspecified atom stereocenters. The lowest BCUT2D eigenvalue weighted by Crippen LogP contribution is -2.49. The number of hydrogen-bond donors (Lipinski definition) is 1. The predicted molar refractivity (Wildman–Crippen MR) is 87.5 cm³/mol. The Morgan fingerprint density at radius 3 is 3.09 bits per heavy atom. The molecule has 23 heavy (non-hydrogen) atoms. The Kier molecular flexibility index (Phi) is 4.93. The molecule has 1 atom stereocenters. The van der Waals surface area contributed by atoms with Crippen LogP contribution in [-0.4, -0.2) is 35.6 Å². The predicted octanol–water partition coefficient (Wildman–Crippen LogP) is 2.65. The largest absolute Gasteiger partial charge is 0.458 e. The summed E-state index contributed by atoms with van der Waals surface area (Å²) in [6, 6.07) is 6.99. The fraction of sp³-hybridized carbons (Fsp3) is 0.375. The average molecular weight is 337 g/mol. The van der Waals surface area contributed by atoms with E-state index in [0.717, 1.165) is 25.5 Å². The van der Waals surface area contributed by atoms with Gasteiger partial charge in [0.05, 0.1) is 0 Å². The smallest absolute Gasteiger partial charge is 0.318 e. The van der Waals surface area contributed by atoms with Gasteiger partial charge < -0.3 is 15.0 Å². The van der Waals surface area contributed by atoms with Gasteiger partial charge in [0.2, 0.25) is 0 Å². The minimum absolute atomic E-state index is 0.0599. The molecule has 1 saturated heterocycles. The van der Waals surface area contributed by atoms with E-state index in [4.69, 9.17) is 16.3 Å². The Bertz CT molecular complexity index is 685. The van der Waals surface area contributed by atoms with Crippen LogP contribution in [0.1, 0.15) is 12.5 Å². The lowest BCUT2D eigenvalue weighted by atomic mass is 10.2. The molecule has 5 nitrogen and oxygen atoms in total. The van der Waals surface area contributed by atoms with Crippen LogP contribution in [0.5, 0.6) is 6.01 Å². The fourth-order valence-electron chi connectivity index (χ4n) is 2.50. The number of benzene rings is 1. The van der Waals surface area contributed by atoms with E-state index >= 15 is 0 Å². The van der Waals surface area contributed by atoms with Crippen LogP contribution < -0.4 is 15.0 Å². The van der Waals surface area contributed by atoms with Crippen LogP contribution in [0.4, 0.5) is 10.2 Å². The summed E-state index contributed by atoms with van der Waals surface area (Å²) in [4.78, 5) is 10.7. The molecule has 122 valence electrons. The molecule has 2 heterocycles. The standard InChI is InChI=1S/C16H18ClFN4O/c1-11-9-22(7-6-19-11)15-4-5-20-16(21-15)23-10-12-2-3-13(17)8-14(12)18/h2-5,8,11,19H,6-7,9-10H2,1H3/t11-/m0/s1. The molecule has 2 aromatic rings. The topological polar surface area (TPSA) is 50.3 Å². The van der Waals surface area contributed by atoms with Crippen LogP contribution in [0.15, 0.2) is 30.5 Å². The molecular formula is C16H18ClFN4O. The summed E-state index contributed by atoms with van der Waals surface area (Å²) in [7, 11) is 0. The number of aromatic nitrogens is 2. The highest BCUT2D eigenvalue weighted by atomic mass is 35.5. The van der Waals surface area contributed by atoms with Crippen molar-refractivity contribution in [2.24, 2.45) is 0 Å². The molecule has 1 aromatic heterocycles. The van der Waals surface area contributed by atoms with Crippen molar-refractivity contribution >= 4 is 17.4 Å². The molecule has 0 spiro atoms. The minimum Gasteiger partial charge on any atom is -0.458 e. The first-order valence-electron chi connectivity index (χ1n) is 7.50. The molecule has 7 heteroatoms. The van der Waals surface area contributed by atoms with Crippen molar-refractivity contribution in [2.75, 3.05) is 24.5 Å². The maximum Gasteiger partial charge on any atom is 0.318 e. The second-order valence-corrected chi connectivity index (χ2v) is 5.96. The zero-order chi connectivity index (χ0) is 16.2. The molecular weight excluding hydrogens is 319 g/mol. The number of ether oxygens (including phenoxy) is 1. The second-order valence-electron chi connectivity index (χ2n) is 5.52. The number of rotatable bonds is 4. The van der Waals surface area contributed by atoms with Crippen molar-refractivity contribution in [3.63, 3.8) is 0 Å². The van der Waals surface area contributed by atoms with Gasteiger partial charge in [-0.25, -0.2) is 9.37 Å². The Morgan fingerprint density at radius 1 is 1.43 bits per heavy atom. The molecule has 1 aromatic carbocycles. The summed E-state index contributed by atoms with van der Waals surface area (Å²) in [5.41, 5.74) is 0.416. The van der Waals surface area contributed by atoms with Crippen LogP contribution in [0, 0.1) is 5.82 Å². The Labute approximate surface area is 139 Å². The van der Waals surface area contributed by atoms with Gasteiger partial charge in [-0.15, -0.1) is 0 Å². The number of halogens is 2. The summed E-state index contributed by atoms with van der Waals surface area (Å²) in [5.74, 6) is 0.421. The first-order valence-corrected chi connectivity index (χ1v) is 7.88. The van der Waals surface area contributed by atoms with Crippen LogP contribution in [0.25, 0.3) is 0 Å². The van der Waals surface area contributed by atoms with Crippen LogP contribution in [0.2, 0.25) is 5.02 Å². The van der Waals surface area contributed by atoms with Gasteiger partial charge in [-0.05, 0) is 25.1 Å². The number of nitrogens with zero attached hydrogens (tertiary/aromatic N) is 3. The van der Waals surface area contributed by atoms with E-state index < -0.39 is 5.82 Å². The van der Waals surface area contributed by atoms with E-state index in [-0.39, 0.29) is 12.6 Å². The third-order valence-electron chi connectivity index (χ3n) is 3.68. The van der Waals surface area contributed by atoms with Crippen molar-refractivity contribution < 1.29 is 9.13 Å². The minimum atomic E-state index is -0.399. The maximum absolute atomic E-state index is 13.7. The number of nitrogens with one attached hydrogen (secondary N) is 1. The molecule has 1 aliphatic rings. The molecule has 1 N–H and O–H groups in total. The molecule has 0 amide bonds. The van der Waals surface area contributed by atoms with Crippen molar-refractivity contribution in [1.29, 1.82) is 0 Å². The van der Waals surface area contributed by atoms with E-state index in [1.54, 1.807) is 18.3 Å². The first-order chi connectivity index (χ1) is 11.1. The average Bonchev–Trinajstić information content (AvgIpc) is 2.54. The Morgan fingerprint density at radius 2 is 2.30 bits per heavy atom. The second kappa shape index (κ2) is 7.10. The summed E-state index contributed by atoms with van der Waals surface area (Å²) in [5, 5.41) is 3.74. The van der Waals surface area contributed by atoms with Crippen LogP contribution in [0.3, 0.4) is 0 Å². The van der Waals surface area contributed by atoms with Crippen LogP contribution in [-0.2, 0) is 6.61 Å². The van der Waals surface area contributed by atoms with E-state index in [9.17, 15) is 4.39 Å². The van der Waals surface area contributed by atoms with Gasteiger partial charge in [0.25, 0.3) is 0 Å². The molecule has 0 bridgehead atoms. The maximum atomic E-state index is 13.7. The monoisotopic (exact) mass is 336 g/mol. The third-order valence-corrected chi connectivity index (χ3v) is 3.92. The summed E-state index contributed by atoms with van der Waals surface area (Å²) < 4.78 is 19.3. The summed E-state index contributed by atoms with van der Waals surface area (Å²) in [6.45, 7) is 4.87.